The second-order valence-corrected chi connectivity index (χ2v) is 9.59. The molecule has 0 unspecified atom stereocenters. The van der Waals surface area contributed by atoms with Gasteiger partial charge in [-0.2, -0.15) is 4.31 Å². The minimum atomic E-state index is -3.53. The zero-order valence-corrected chi connectivity index (χ0v) is 18.6. The molecule has 0 radical (unpaired) electrons. The first-order valence-electron chi connectivity index (χ1n) is 10.7. The molecular formula is C26H26N2O3S. The summed E-state index contributed by atoms with van der Waals surface area (Å²) in [5.41, 5.74) is 3.63. The third-order valence-electron chi connectivity index (χ3n) is 5.60. The van der Waals surface area contributed by atoms with E-state index < -0.39 is 10.0 Å². The summed E-state index contributed by atoms with van der Waals surface area (Å²) in [4.78, 5) is 15.0. The van der Waals surface area contributed by atoms with Crippen LogP contribution in [0.2, 0.25) is 0 Å². The van der Waals surface area contributed by atoms with E-state index in [2.05, 4.69) is 0 Å². The van der Waals surface area contributed by atoms with Gasteiger partial charge in [-0.1, -0.05) is 78.9 Å². The fraction of sp³-hybridized carbons (Fsp3) is 0.192. The Balaban J connectivity index is 1.41. The SMILES string of the molecule is O=C(c1ccccc1Cc1ccccc1)N1CCN(S(=O)(=O)/C=C/c2ccccc2)CC1. The molecular weight excluding hydrogens is 420 g/mol. The molecule has 6 heteroatoms. The Kier molecular flexibility index (Phi) is 6.83. The predicted octanol–water partition coefficient (Wildman–Crippen LogP) is 4.04. The van der Waals surface area contributed by atoms with Crippen molar-refractivity contribution in [3.63, 3.8) is 0 Å². The average molecular weight is 447 g/mol. The lowest BCUT2D eigenvalue weighted by Crippen LogP contribution is -2.50. The van der Waals surface area contributed by atoms with Crippen molar-refractivity contribution in [2.75, 3.05) is 26.2 Å². The van der Waals surface area contributed by atoms with E-state index in [9.17, 15) is 13.2 Å². The molecule has 1 saturated heterocycles. The van der Waals surface area contributed by atoms with E-state index in [0.717, 1.165) is 16.7 Å². The molecule has 1 aliphatic rings. The predicted molar refractivity (Wildman–Crippen MR) is 128 cm³/mol. The maximum Gasteiger partial charge on any atom is 0.254 e. The molecule has 0 N–H and O–H groups in total. The topological polar surface area (TPSA) is 57.7 Å². The third-order valence-corrected chi connectivity index (χ3v) is 7.17. The number of piperazine rings is 1. The second-order valence-electron chi connectivity index (χ2n) is 7.77. The van der Waals surface area contributed by atoms with Gasteiger partial charge >= 0.3 is 0 Å². The van der Waals surface area contributed by atoms with Crippen molar-refractivity contribution in [3.8, 4) is 0 Å². The van der Waals surface area contributed by atoms with Crippen molar-refractivity contribution in [3.05, 3.63) is 113 Å². The summed E-state index contributed by atoms with van der Waals surface area (Å²) in [6, 6.07) is 27.0. The second kappa shape index (κ2) is 9.94. The van der Waals surface area contributed by atoms with Gasteiger partial charge in [0.15, 0.2) is 0 Å². The lowest BCUT2D eigenvalue weighted by atomic mass is 9.99. The molecule has 3 aromatic carbocycles. The molecule has 32 heavy (non-hydrogen) atoms. The number of carbonyl (C=O) groups excluding carboxylic acids is 1. The molecule has 0 bridgehead atoms. The first kappa shape index (κ1) is 22.0. The number of sulfonamides is 1. The zero-order chi connectivity index (χ0) is 22.4. The van der Waals surface area contributed by atoms with E-state index >= 15 is 0 Å². The van der Waals surface area contributed by atoms with Gasteiger partial charge < -0.3 is 4.90 Å². The van der Waals surface area contributed by atoms with Crippen LogP contribution < -0.4 is 0 Å². The number of rotatable bonds is 6. The Morgan fingerprint density at radius 1 is 0.781 bits per heavy atom. The highest BCUT2D eigenvalue weighted by molar-refractivity contribution is 7.92. The fourth-order valence-corrected chi connectivity index (χ4v) is 5.00. The van der Waals surface area contributed by atoms with Gasteiger partial charge in [-0.15, -0.1) is 0 Å². The molecule has 0 atom stereocenters. The molecule has 0 aliphatic carbocycles. The molecule has 1 amide bonds. The Hall–Kier alpha value is -3.22. The van der Waals surface area contributed by atoms with Crippen molar-refractivity contribution in [2.45, 2.75) is 6.42 Å². The minimum absolute atomic E-state index is 0.0478. The Labute approximate surface area is 189 Å². The first-order valence-corrected chi connectivity index (χ1v) is 12.2. The molecule has 3 aromatic rings. The lowest BCUT2D eigenvalue weighted by Gasteiger charge is -2.33. The van der Waals surface area contributed by atoms with E-state index in [4.69, 9.17) is 0 Å². The molecule has 4 rings (SSSR count). The monoisotopic (exact) mass is 446 g/mol. The summed E-state index contributed by atoms with van der Waals surface area (Å²) in [6.45, 7) is 1.32. The lowest BCUT2D eigenvalue weighted by molar-refractivity contribution is 0.0697. The van der Waals surface area contributed by atoms with E-state index in [0.29, 0.717) is 25.1 Å². The highest BCUT2D eigenvalue weighted by Gasteiger charge is 2.28. The number of hydrogen-bond donors (Lipinski definition) is 0. The van der Waals surface area contributed by atoms with Crippen LogP contribution in [-0.2, 0) is 16.4 Å². The van der Waals surface area contributed by atoms with Crippen LogP contribution in [-0.4, -0.2) is 49.7 Å². The summed E-state index contributed by atoms with van der Waals surface area (Å²) >= 11 is 0. The van der Waals surface area contributed by atoms with Crippen LogP contribution in [0.1, 0.15) is 27.0 Å². The smallest absolute Gasteiger partial charge is 0.254 e. The zero-order valence-electron chi connectivity index (χ0n) is 17.8. The highest BCUT2D eigenvalue weighted by Crippen LogP contribution is 2.19. The van der Waals surface area contributed by atoms with Crippen LogP contribution >= 0.6 is 0 Å². The van der Waals surface area contributed by atoms with Crippen molar-refractivity contribution in [1.82, 2.24) is 9.21 Å². The third kappa shape index (κ3) is 5.33. The molecule has 0 aromatic heterocycles. The summed E-state index contributed by atoms with van der Waals surface area (Å²) in [7, 11) is -3.53. The number of benzene rings is 3. The van der Waals surface area contributed by atoms with E-state index in [1.165, 1.54) is 9.71 Å². The van der Waals surface area contributed by atoms with Crippen LogP contribution in [0.5, 0.6) is 0 Å². The van der Waals surface area contributed by atoms with Gasteiger partial charge in [0.2, 0.25) is 10.0 Å². The van der Waals surface area contributed by atoms with Crippen molar-refractivity contribution < 1.29 is 13.2 Å². The molecule has 0 spiro atoms. The molecule has 1 aliphatic heterocycles. The summed E-state index contributed by atoms with van der Waals surface area (Å²) < 4.78 is 26.8. The van der Waals surface area contributed by atoms with Crippen LogP contribution in [0.15, 0.2) is 90.3 Å². The van der Waals surface area contributed by atoms with Gasteiger partial charge in [0.25, 0.3) is 5.91 Å². The van der Waals surface area contributed by atoms with Gasteiger partial charge in [-0.05, 0) is 35.3 Å². The van der Waals surface area contributed by atoms with Crippen LogP contribution in [0.4, 0.5) is 0 Å². The Bertz CT molecular complexity index is 1180. The Morgan fingerprint density at radius 2 is 1.38 bits per heavy atom. The van der Waals surface area contributed by atoms with Gasteiger partial charge in [-0.3, -0.25) is 4.79 Å². The van der Waals surface area contributed by atoms with E-state index in [1.54, 1.807) is 11.0 Å². The van der Waals surface area contributed by atoms with Gasteiger partial charge in [0.05, 0.1) is 0 Å². The fourth-order valence-electron chi connectivity index (χ4n) is 3.83. The number of carbonyl (C=O) groups is 1. The van der Waals surface area contributed by atoms with Crippen molar-refractivity contribution in [1.29, 1.82) is 0 Å². The first-order chi connectivity index (χ1) is 15.5. The van der Waals surface area contributed by atoms with Gasteiger partial charge in [-0.25, -0.2) is 8.42 Å². The number of nitrogens with zero attached hydrogens (tertiary/aromatic N) is 2. The Morgan fingerprint density at radius 3 is 2.06 bits per heavy atom. The summed E-state index contributed by atoms with van der Waals surface area (Å²) in [6.07, 6.45) is 2.29. The minimum Gasteiger partial charge on any atom is -0.336 e. The molecule has 1 heterocycles. The quantitative estimate of drug-likeness (QED) is 0.574. The average Bonchev–Trinajstić information content (AvgIpc) is 2.84. The maximum atomic E-state index is 13.2. The molecule has 0 saturated carbocycles. The van der Waals surface area contributed by atoms with Gasteiger partial charge in [0, 0.05) is 37.2 Å². The molecule has 1 fully saturated rings. The summed E-state index contributed by atoms with van der Waals surface area (Å²) in [5, 5.41) is 1.25. The van der Waals surface area contributed by atoms with E-state index in [-0.39, 0.29) is 19.0 Å². The maximum absolute atomic E-state index is 13.2. The molecule has 164 valence electrons. The van der Waals surface area contributed by atoms with Crippen molar-refractivity contribution >= 4 is 22.0 Å². The normalized spacial score (nSPS) is 15.2. The van der Waals surface area contributed by atoms with E-state index in [1.807, 2.05) is 84.9 Å². The van der Waals surface area contributed by atoms with Gasteiger partial charge in [0.1, 0.15) is 0 Å². The van der Waals surface area contributed by atoms with Crippen LogP contribution in [0.3, 0.4) is 0 Å². The molecule has 5 nitrogen and oxygen atoms in total. The highest BCUT2D eigenvalue weighted by atomic mass is 32.2. The summed E-state index contributed by atoms with van der Waals surface area (Å²) in [5.74, 6) is -0.0478. The van der Waals surface area contributed by atoms with Crippen LogP contribution in [0.25, 0.3) is 6.08 Å². The van der Waals surface area contributed by atoms with Crippen LogP contribution in [0, 0.1) is 0 Å². The van der Waals surface area contributed by atoms with Crippen molar-refractivity contribution in [2.24, 2.45) is 0 Å². The standard InChI is InChI=1S/C26H26N2O3S/c29-26(25-14-8-7-13-24(25)21-23-11-5-2-6-12-23)27-16-18-28(19-17-27)32(30,31)20-15-22-9-3-1-4-10-22/h1-15,20H,16-19,21H2/b20-15+. The number of hydrogen-bond acceptors (Lipinski definition) is 3. The number of amides is 1. The largest absolute Gasteiger partial charge is 0.336 e.